The van der Waals surface area contributed by atoms with Gasteiger partial charge in [-0.3, -0.25) is 4.79 Å². The van der Waals surface area contributed by atoms with Crippen LogP contribution in [0.5, 0.6) is 0 Å². The summed E-state index contributed by atoms with van der Waals surface area (Å²) in [4.78, 5) is 23.6. The minimum atomic E-state index is -4.18. The summed E-state index contributed by atoms with van der Waals surface area (Å²) in [5.41, 5.74) is 1.11. The summed E-state index contributed by atoms with van der Waals surface area (Å²) >= 11 is 0. The molecule has 6 heteroatoms. The van der Waals surface area contributed by atoms with Crippen LogP contribution in [0.2, 0.25) is 0 Å². The summed E-state index contributed by atoms with van der Waals surface area (Å²) in [5.74, 6) is -0.461. The maximum absolute atomic E-state index is 11.8. The third-order valence-electron chi connectivity index (χ3n) is 2.70. The van der Waals surface area contributed by atoms with Crippen LogP contribution in [-0.4, -0.2) is 11.9 Å². The Labute approximate surface area is 146 Å². The molecule has 0 aliphatic heterocycles. The fourth-order valence-electron chi connectivity index (χ4n) is 1.68. The SMILES string of the molecule is O=C(CP(=O)([O-])OCc1ccccc1)c1ccccc1.[Na+]. The molecule has 0 aliphatic rings. The third kappa shape index (κ3) is 6.27. The number of carbonyl (C=O) groups is 1. The van der Waals surface area contributed by atoms with Crippen molar-refractivity contribution >= 4 is 13.4 Å². The van der Waals surface area contributed by atoms with E-state index in [1.165, 1.54) is 0 Å². The van der Waals surface area contributed by atoms with Crippen molar-refractivity contribution in [1.29, 1.82) is 0 Å². The summed E-state index contributed by atoms with van der Waals surface area (Å²) in [6.07, 6.45) is -0.621. The van der Waals surface area contributed by atoms with E-state index in [4.69, 9.17) is 4.52 Å². The van der Waals surface area contributed by atoms with Crippen LogP contribution in [0.15, 0.2) is 60.7 Å². The van der Waals surface area contributed by atoms with E-state index in [0.717, 1.165) is 5.56 Å². The summed E-state index contributed by atoms with van der Waals surface area (Å²) in [6, 6.07) is 17.3. The fourth-order valence-corrected chi connectivity index (χ4v) is 2.66. The van der Waals surface area contributed by atoms with Gasteiger partial charge in [-0.15, -0.1) is 0 Å². The van der Waals surface area contributed by atoms with Gasteiger partial charge < -0.3 is 14.0 Å². The molecule has 0 heterocycles. The third-order valence-corrected chi connectivity index (χ3v) is 3.90. The molecule has 0 radical (unpaired) electrons. The van der Waals surface area contributed by atoms with E-state index in [1.807, 2.05) is 6.07 Å². The molecule has 2 rings (SSSR count). The van der Waals surface area contributed by atoms with Gasteiger partial charge >= 0.3 is 29.6 Å². The summed E-state index contributed by atoms with van der Waals surface area (Å²) in [5, 5.41) is 0. The molecule has 0 bridgehead atoms. The Kier molecular flexibility index (Phi) is 7.53. The molecule has 104 valence electrons. The number of carbonyl (C=O) groups excluding carboxylic acids is 1. The van der Waals surface area contributed by atoms with Crippen LogP contribution in [0.3, 0.4) is 0 Å². The second kappa shape index (κ2) is 8.64. The first-order valence-corrected chi connectivity index (χ1v) is 7.86. The summed E-state index contributed by atoms with van der Waals surface area (Å²) in [6.45, 7) is -0.0519. The zero-order valence-corrected chi connectivity index (χ0v) is 14.7. The molecule has 0 saturated heterocycles. The molecule has 2 aromatic carbocycles. The predicted octanol–water partition coefficient (Wildman–Crippen LogP) is -0.357. The Balaban J connectivity index is 0.00000220. The van der Waals surface area contributed by atoms with Gasteiger partial charge in [-0.25, -0.2) is 0 Å². The van der Waals surface area contributed by atoms with Gasteiger partial charge in [0.25, 0.3) is 0 Å². The maximum atomic E-state index is 11.8. The molecule has 0 saturated carbocycles. The molecule has 0 amide bonds. The van der Waals surface area contributed by atoms with Crippen LogP contribution >= 0.6 is 7.60 Å². The van der Waals surface area contributed by atoms with E-state index in [-0.39, 0.29) is 36.2 Å². The Hall–Kier alpha value is -0.740. The number of hydrogen-bond donors (Lipinski definition) is 0. The number of ketones is 1. The molecule has 0 N–H and O–H groups in total. The van der Waals surface area contributed by atoms with Crippen LogP contribution in [0.25, 0.3) is 0 Å². The summed E-state index contributed by atoms with van der Waals surface area (Å²) < 4.78 is 16.7. The fraction of sp³-hybridized carbons (Fsp3) is 0.133. The number of rotatable bonds is 6. The summed E-state index contributed by atoms with van der Waals surface area (Å²) in [7, 11) is -4.18. The van der Waals surface area contributed by atoms with E-state index in [0.29, 0.717) is 5.56 Å². The van der Waals surface area contributed by atoms with Crippen molar-refractivity contribution in [2.75, 3.05) is 6.16 Å². The molecular formula is C15H14NaO4P. The predicted molar refractivity (Wildman–Crippen MR) is 74.5 cm³/mol. The average Bonchev–Trinajstić information content (AvgIpc) is 2.47. The minimum Gasteiger partial charge on any atom is -0.778 e. The van der Waals surface area contributed by atoms with Crippen LogP contribution in [0, 0.1) is 0 Å². The van der Waals surface area contributed by atoms with Crippen LogP contribution in [0.1, 0.15) is 15.9 Å². The van der Waals surface area contributed by atoms with E-state index < -0.39 is 19.5 Å². The topological polar surface area (TPSA) is 66.4 Å². The largest absolute Gasteiger partial charge is 1.00 e. The molecule has 0 aliphatic carbocycles. The zero-order valence-electron chi connectivity index (χ0n) is 11.8. The standard InChI is InChI=1S/C15H15O4P.Na/c16-15(14-9-5-2-6-10-14)12-20(17,18)19-11-13-7-3-1-4-8-13;/h1-10H,11-12H2,(H,17,18);/q;+1/p-1. The Morgan fingerprint density at radius 3 is 2.10 bits per heavy atom. The van der Waals surface area contributed by atoms with Gasteiger partial charge in [-0.1, -0.05) is 60.7 Å². The van der Waals surface area contributed by atoms with E-state index in [2.05, 4.69) is 0 Å². The monoisotopic (exact) mass is 312 g/mol. The van der Waals surface area contributed by atoms with Crippen molar-refractivity contribution in [2.45, 2.75) is 6.61 Å². The number of hydrogen-bond acceptors (Lipinski definition) is 4. The smallest absolute Gasteiger partial charge is 0.778 e. The van der Waals surface area contributed by atoms with Crippen LogP contribution < -0.4 is 34.5 Å². The molecule has 2 aromatic rings. The first-order chi connectivity index (χ1) is 9.57. The van der Waals surface area contributed by atoms with Gasteiger partial charge in [0.15, 0.2) is 5.78 Å². The zero-order chi connectivity index (χ0) is 14.4. The van der Waals surface area contributed by atoms with Crippen molar-refractivity contribution < 1.29 is 48.3 Å². The second-order valence-electron chi connectivity index (χ2n) is 4.32. The average molecular weight is 312 g/mol. The molecule has 21 heavy (non-hydrogen) atoms. The molecular weight excluding hydrogens is 298 g/mol. The minimum absolute atomic E-state index is 0. The van der Waals surface area contributed by atoms with E-state index in [1.54, 1.807) is 54.6 Å². The van der Waals surface area contributed by atoms with Crippen molar-refractivity contribution in [3.63, 3.8) is 0 Å². The Morgan fingerprint density at radius 1 is 1.00 bits per heavy atom. The Bertz CT molecular complexity index is 616. The van der Waals surface area contributed by atoms with Crippen molar-refractivity contribution in [1.82, 2.24) is 0 Å². The number of benzene rings is 2. The molecule has 0 spiro atoms. The molecule has 1 atom stereocenters. The normalized spacial score (nSPS) is 13.0. The van der Waals surface area contributed by atoms with Gasteiger partial charge in [0.1, 0.15) is 7.60 Å². The van der Waals surface area contributed by atoms with Crippen molar-refractivity contribution in [3.8, 4) is 0 Å². The van der Waals surface area contributed by atoms with Gasteiger partial charge in [0.05, 0.1) is 12.8 Å². The molecule has 0 fully saturated rings. The first-order valence-electron chi connectivity index (χ1n) is 6.14. The molecule has 4 nitrogen and oxygen atoms in total. The maximum Gasteiger partial charge on any atom is 1.00 e. The van der Waals surface area contributed by atoms with Gasteiger partial charge in [0.2, 0.25) is 0 Å². The van der Waals surface area contributed by atoms with Gasteiger partial charge in [-0.05, 0) is 5.56 Å². The van der Waals surface area contributed by atoms with Crippen molar-refractivity contribution in [3.05, 3.63) is 71.8 Å². The van der Waals surface area contributed by atoms with Crippen molar-refractivity contribution in [2.24, 2.45) is 0 Å². The van der Waals surface area contributed by atoms with Crippen LogP contribution in [-0.2, 0) is 15.7 Å². The number of Topliss-reactive ketones (excluding diaryl/α,β-unsaturated/α-hetero) is 1. The van der Waals surface area contributed by atoms with E-state index in [9.17, 15) is 14.3 Å². The first kappa shape index (κ1) is 18.3. The quantitative estimate of drug-likeness (QED) is 0.415. The Morgan fingerprint density at radius 2 is 1.52 bits per heavy atom. The second-order valence-corrected chi connectivity index (χ2v) is 6.11. The van der Waals surface area contributed by atoms with Gasteiger partial charge in [0, 0.05) is 5.56 Å². The van der Waals surface area contributed by atoms with E-state index >= 15 is 0 Å². The van der Waals surface area contributed by atoms with Crippen LogP contribution in [0.4, 0.5) is 0 Å². The molecule has 0 aromatic heterocycles. The molecule has 1 unspecified atom stereocenters. The van der Waals surface area contributed by atoms with Gasteiger partial charge in [-0.2, -0.15) is 0 Å².